The standard InChI is InChI=1S/C15H17NO/c1-2-3-4-10-15(17)13-7-5-9-14-12(13)8-6-11-16-14/h1,5,7,9,16H,3-4,6,8,10-11H2. The summed E-state index contributed by atoms with van der Waals surface area (Å²) in [6, 6.07) is 5.93. The number of carbonyl (C=O) groups is 1. The van der Waals surface area contributed by atoms with Gasteiger partial charge in [-0.05, 0) is 30.9 Å². The molecule has 0 amide bonds. The van der Waals surface area contributed by atoms with Gasteiger partial charge in [-0.3, -0.25) is 4.79 Å². The SMILES string of the molecule is C#CCCCC(=O)c1cccc2c1CCCN2. The molecule has 0 bridgehead atoms. The lowest BCUT2D eigenvalue weighted by Gasteiger charge is -2.20. The Bertz CT molecular complexity index is 456. The highest BCUT2D eigenvalue weighted by Gasteiger charge is 2.16. The lowest BCUT2D eigenvalue weighted by Crippen LogP contribution is -2.15. The second-order valence-electron chi connectivity index (χ2n) is 4.34. The second kappa shape index (κ2) is 5.54. The first kappa shape index (κ1) is 11.7. The van der Waals surface area contributed by atoms with E-state index in [2.05, 4.69) is 11.2 Å². The van der Waals surface area contributed by atoms with Crippen LogP contribution in [0.1, 0.15) is 41.6 Å². The predicted molar refractivity (Wildman–Crippen MR) is 70.3 cm³/mol. The van der Waals surface area contributed by atoms with Crippen molar-refractivity contribution in [1.29, 1.82) is 0 Å². The Morgan fingerprint density at radius 2 is 2.35 bits per heavy atom. The van der Waals surface area contributed by atoms with E-state index in [-0.39, 0.29) is 5.78 Å². The summed E-state index contributed by atoms with van der Waals surface area (Å²) >= 11 is 0. The average molecular weight is 227 g/mol. The number of hydrogen-bond donors (Lipinski definition) is 1. The maximum Gasteiger partial charge on any atom is 0.163 e. The van der Waals surface area contributed by atoms with Crippen molar-refractivity contribution in [2.75, 3.05) is 11.9 Å². The van der Waals surface area contributed by atoms with E-state index in [1.807, 2.05) is 18.2 Å². The summed E-state index contributed by atoms with van der Waals surface area (Å²) in [5.74, 6) is 2.80. The lowest BCUT2D eigenvalue weighted by atomic mass is 9.93. The van der Waals surface area contributed by atoms with Crippen molar-refractivity contribution in [2.45, 2.75) is 32.1 Å². The average Bonchev–Trinajstić information content (AvgIpc) is 2.38. The van der Waals surface area contributed by atoms with Gasteiger partial charge in [0.15, 0.2) is 5.78 Å². The van der Waals surface area contributed by atoms with Gasteiger partial charge in [0, 0.05) is 30.6 Å². The van der Waals surface area contributed by atoms with E-state index in [0.29, 0.717) is 12.8 Å². The zero-order chi connectivity index (χ0) is 12.1. The molecule has 2 heteroatoms. The number of ketones is 1. The fraction of sp³-hybridized carbons (Fsp3) is 0.400. The Morgan fingerprint density at radius 1 is 1.47 bits per heavy atom. The Labute approximate surface area is 102 Å². The molecule has 17 heavy (non-hydrogen) atoms. The van der Waals surface area contributed by atoms with Crippen LogP contribution in [-0.2, 0) is 6.42 Å². The molecule has 1 aliphatic heterocycles. The van der Waals surface area contributed by atoms with Gasteiger partial charge in [-0.15, -0.1) is 12.3 Å². The third kappa shape index (κ3) is 2.68. The normalized spacial score (nSPS) is 13.4. The molecule has 0 aliphatic carbocycles. The second-order valence-corrected chi connectivity index (χ2v) is 4.34. The third-order valence-electron chi connectivity index (χ3n) is 3.12. The van der Waals surface area contributed by atoms with Crippen LogP contribution in [0.3, 0.4) is 0 Å². The maximum atomic E-state index is 12.1. The monoisotopic (exact) mass is 227 g/mol. The molecule has 1 N–H and O–H groups in total. The number of carbonyl (C=O) groups excluding carboxylic acids is 1. The molecule has 0 radical (unpaired) electrons. The lowest BCUT2D eigenvalue weighted by molar-refractivity contribution is 0.0979. The number of nitrogens with one attached hydrogen (secondary N) is 1. The van der Waals surface area contributed by atoms with E-state index in [4.69, 9.17) is 6.42 Å². The molecule has 0 fully saturated rings. The number of terminal acetylenes is 1. The molecule has 0 spiro atoms. The smallest absolute Gasteiger partial charge is 0.163 e. The summed E-state index contributed by atoms with van der Waals surface area (Å²) in [5.41, 5.74) is 3.19. The molecule has 0 saturated heterocycles. The van der Waals surface area contributed by atoms with Gasteiger partial charge in [0.25, 0.3) is 0 Å². The first-order chi connectivity index (χ1) is 8.33. The zero-order valence-electron chi connectivity index (χ0n) is 9.96. The Hall–Kier alpha value is -1.75. The van der Waals surface area contributed by atoms with Crippen molar-refractivity contribution in [1.82, 2.24) is 0 Å². The van der Waals surface area contributed by atoms with Crippen LogP contribution >= 0.6 is 0 Å². The van der Waals surface area contributed by atoms with E-state index in [1.165, 1.54) is 5.56 Å². The van der Waals surface area contributed by atoms with Crippen molar-refractivity contribution in [3.63, 3.8) is 0 Å². The molecular weight excluding hydrogens is 210 g/mol. The highest BCUT2D eigenvalue weighted by Crippen LogP contribution is 2.26. The van der Waals surface area contributed by atoms with Gasteiger partial charge < -0.3 is 5.32 Å². The molecule has 1 aromatic rings. The van der Waals surface area contributed by atoms with Gasteiger partial charge in [-0.25, -0.2) is 0 Å². The third-order valence-corrected chi connectivity index (χ3v) is 3.12. The van der Waals surface area contributed by atoms with Gasteiger partial charge in [0.2, 0.25) is 0 Å². The molecule has 0 atom stereocenters. The molecule has 0 saturated carbocycles. The molecule has 0 aromatic heterocycles. The molecule has 0 unspecified atom stereocenters. The van der Waals surface area contributed by atoms with E-state index in [1.54, 1.807) is 0 Å². The topological polar surface area (TPSA) is 29.1 Å². The molecule has 2 rings (SSSR count). The zero-order valence-corrected chi connectivity index (χ0v) is 9.96. The van der Waals surface area contributed by atoms with E-state index >= 15 is 0 Å². The Morgan fingerprint density at radius 3 is 3.18 bits per heavy atom. The first-order valence-corrected chi connectivity index (χ1v) is 6.15. The maximum absolute atomic E-state index is 12.1. The summed E-state index contributed by atoms with van der Waals surface area (Å²) in [6.45, 7) is 1.00. The van der Waals surface area contributed by atoms with Gasteiger partial charge in [-0.2, -0.15) is 0 Å². The van der Waals surface area contributed by atoms with Crippen LogP contribution in [0.4, 0.5) is 5.69 Å². The van der Waals surface area contributed by atoms with E-state index in [9.17, 15) is 4.79 Å². The predicted octanol–water partition coefficient (Wildman–Crippen LogP) is 3.03. The van der Waals surface area contributed by atoms with Crippen LogP contribution < -0.4 is 5.32 Å². The number of Topliss-reactive ketones (excluding diaryl/α,β-unsaturated/α-hetero) is 1. The fourth-order valence-electron chi connectivity index (χ4n) is 2.26. The van der Waals surface area contributed by atoms with Crippen LogP contribution in [0, 0.1) is 12.3 Å². The fourth-order valence-corrected chi connectivity index (χ4v) is 2.26. The number of rotatable bonds is 4. The molecular formula is C15H17NO. The largest absolute Gasteiger partial charge is 0.385 e. The highest BCUT2D eigenvalue weighted by molar-refractivity contribution is 5.98. The summed E-state index contributed by atoms with van der Waals surface area (Å²) in [4.78, 5) is 12.1. The summed E-state index contributed by atoms with van der Waals surface area (Å²) < 4.78 is 0. The van der Waals surface area contributed by atoms with Crippen molar-refractivity contribution in [3.05, 3.63) is 29.3 Å². The number of hydrogen-bond acceptors (Lipinski definition) is 2. The highest BCUT2D eigenvalue weighted by atomic mass is 16.1. The van der Waals surface area contributed by atoms with Crippen molar-refractivity contribution < 1.29 is 4.79 Å². The van der Waals surface area contributed by atoms with Crippen LogP contribution in [0.25, 0.3) is 0 Å². The minimum atomic E-state index is 0.223. The summed E-state index contributed by atoms with van der Waals surface area (Å²) in [6.07, 6.45) is 9.31. The quantitative estimate of drug-likeness (QED) is 0.486. The molecule has 1 heterocycles. The van der Waals surface area contributed by atoms with E-state index < -0.39 is 0 Å². The van der Waals surface area contributed by atoms with Crippen LogP contribution in [0.5, 0.6) is 0 Å². The number of benzene rings is 1. The van der Waals surface area contributed by atoms with E-state index in [0.717, 1.165) is 37.1 Å². The Kier molecular flexibility index (Phi) is 3.82. The molecule has 2 nitrogen and oxygen atoms in total. The molecule has 1 aromatic carbocycles. The van der Waals surface area contributed by atoms with Crippen molar-refractivity contribution in [3.8, 4) is 12.3 Å². The summed E-state index contributed by atoms with van der Waals surface area (Å²) in [7, 11) is 0. The van der Waals surface area contributed by atoms with Gasteiger partial charge >= 0.3 is 0 Å². The first-order valence-electron chi connectivity index (χ1n) is 6.15. The van der Waals surface area contributed by atoms with Gasteiger partial charge in [-0.1, -0.05) is 12.1 Å². The van der Waals surface area contributed by atoms with Gasteiger partial charge in [0.05, 0.1) is 0 Å². The van der Waals surface area contributed by atoms with Crippen LogP contribution in [0.2, 0.25) is 0 Å². The van der Waals surface area contributed by atoms with Crippen LogP contribution in [0.15, 0.2) is 18.2 Å². The Balaban J connectivity index is 2.15. The van der Waals surface area contributed by atoms with Crippen molar-refractivity contribution in [2.24, 2.45) is 0 Å². The summed E-state index contributed by atoms with van der Waals surface area (Å²) in [5, 5.41) is 3.34. The molecule has 1 aliphatic rings. The number of anilines is 1. The molecule has 88 valence electrons. The minimum Gasteiger partial charge on any atom is -0.385 e. The van der Waals surface area contributed by atoms with Crippen LogP contribution in [-0.4, -0.2) is 12.3 Å². The number of unbranched alkanes of at least 4 members (excludes halogenated alkanes) is 1. The van der Waals surface area contributed by atoms with Gasteiger partial charge in [0.1, 0.15) is 0 Å². The minimum absolute atomic E-state index is 0.223. The number of fused-ring (bicyclic) bond motifs is 1. The van der Waals surface area contributed by atoms with Crippen molar-refractivity contribution >= 4 is 11.5 Å².